The first kappa shape index (κ1) is 66.4. The van der Waals surface area contributed by atoms with Crippen LogP contribution in [0.4, 0.5) is 11.4 Å². The Kier molecular flexibility index (Phi) is 48.9. The molecule has 0 radical (unpaired) electrons. The van der Waals surface area contributed by atoms with Crippen LogP contribution in [-0.4, -0.2) is 11.4 Å². The van der Waals surface area contributed by atoms with Crippen LogP contribution >= 0.6 is 0 Å². The molecule has 0 N–H and O–H groups in total. The van der Waals surface area contributed by atoms with Crippen molar-refractivity contribution in [2.24, 2.45) is 9.98 Å². The molecular formula is C68H112N2Ni. The Hall–Kier alpha value is -2.61. The fourth-order valence-electron chi connectivity index (χ4n) is 9.80. The van der Waals surface area contributed by atoms with Crippen LogP contribution in [0.1, 0.15) is 321 Å². The average molecular weight is 1020 g/mol. The summed E-state index contributed by atoms with van der Waals surface area (Å²) in [6, 6.07) is 17.5. The fourth-order valence-corrected chi connectivity index (χ4v) is 9.80. The number of hydrogen-bond acceptors (Lipinski definition) is 2. The van der Waals surface area contributed by atoms with E-state index in [2.05, 4.69) is 99.9 Å². The molecule has 0 atom stereocenters. The van der Waals surface area contributed by atoms with Gasteiger partial charge in [0.2, 0.25) is 0 Å². The minimum atomic E-state index is 0. The van der Waals surface area contributed by atoms with E-state index >= 15 is 0 Å². The maximum Gasteiger partial charge on any atom is 0.0666 e. The fraction of sp³-hybridized carbons (Fsp3) is 0.735. The van der Waals surface area contributed by atoms with Gasteiger partial charge in [0.1, 0.15) is 0 Å². The van der Waals surface area contributed by atoms with E-state index in [1.807, 2.05) is 0 Å². The second-order valence-electron chi connectivity index (χ2n) is 21.1. The van der Waals surface area contributed by atoms with Crippen LogP contribution in [0.2, 0.25) is 0 Å². The van der Waals surface area contributed by atoms with Crippen molar-refractivity contribution in [1.82, 2.24) is 0 Å². The summed E-state index contributed by atoms with van der Waals surface area (Å²) in [4.78, 5) is 10.9. The van der Waals surface area contributed by atoms with Gasteiger partial charge in [0, 0.05) is 42.2 Å². The Morgan fingerprint density at radius 2 is 0.535 bits per heavy atom. The molecule has 0 spiro atoms. The van der Waals surface area contributed by atoms with Crippen molar-refractivity contribution in [2.75, 3.05) is 0 Å². The monoisotopic (exact) mass is 1010 g/mol. The molecule has 0 aliphatic carbocycles. The predicted octanol–water partition coefficient (Wildman–Crippen LogP) is 22.9. The number of nitrogens with zero attached hydrogens (tertiary/aromatic N) is 2. The van der Waals surface area contributed by atoms with Crippen LogP contribution in [0, 0.1) is 23.7 Å². The molecule has 0 saturated heterocycles. The van der Waals surface area contributed by atoms with Gasteiger partial charge in [0.15, 0.2) is 0 Å². The Morgan fingerprint density at radius 1 is 0.296 bits per heavy atom. The van der Waals surface area contributed by atoms with Crippen LogP contribution in [0.15, 0.2) is 58.5 Å². The van der Waals surface area contributed by atoms with E-state index in [0.29, 0.717) is 0 Å². The SMILES string of the molecule is CCCCCCCCCCCCCCCCCCCC#CCCc1ccccc1N=C(CCCC)C(CCCC)=Nc1ccccc1CCC#CCCCCCCCCCCCCCCCCCCC.[Ni]. The van der Waals surface area contributed by atoms with E-state index < -0.39 is 0 Å². The third-order valence-electron chi connectivity index (χ3n) is 14.5. The third-order valence-corrected chi connectivity index (χ3v) is 14.5. The molecule has 404 valence electrons. The van der Waals surface area contributed by atoms with E-state index in [1.54, 1.807) is 0 Å². The molecule has 0 amide bonds. The second kappa shape index (κ2) is 52.3. The van der Waals surface area contributed by atoms with Gasteiger partial charge in [-0.25, -0.2) is 0 Å². The van der Waals surface area contributed by atoms with Crippen molar-refractivity contribution >= 4 is 22.8 Å². The Labute approximate surface area is 453 Å². The summed E-state index contributed by atoms with van der Waals surface area (Å²) in [5, 5.41) is 0. The summed E-state index contributed by atoms with van der Waals surface area (Å²) in [5.74, 6) is 14.0. The molecule has 0 aliphatic rings. The first-order valence-electron chi connectivity index (χ1n) is 31.0. The normalized spacial score (nSPS) is 11.5. The summed E-state index contributed by atoms with van der Waals surface area (Å²) < 4.78 is 0. The van der Waals surface area contributed by atoms with Crippen molar-refractivity contribution in [1.29, 1.82) is 0 Å². The van der Waals surface area contributed by atoms with Gasteiger partial charge in [0.05, 0.1) is 22.8 Å². The minimum absolute atomic E-state index is 0. The van der Waals surface area contributed by atoms with Crippen molar-refractivity contribution in [2.45, 2.75) is 323 Å². The van der Waals surface area contributed by atoms with E-state index in [0.717, 1.165) is 99.8 Å². The Bertz CT molecular complexity index is 1540. The smallest absolute Gasteiger partial charge is 0.0666 e. The molecule has 0 fully saturated rings. The van der Waals surface area contributed by atoms with Crippen molar-refractivity contribution in [3.8, 4) is 23.7 Å². The molecule has 0 aromatic heterocycles. The van der Waals surface area contributed by atoms with Gasteiger partial charge in [-0.05, 0) is 74.6 Å². The zero-order chi connectivity index (χ0) is 49.9. The maximum absolute atomic E-state index is 5.45. The zero-order valence-corrected chi connectivity index (χ0v) is 48.3. The summed E-state index contributed by atoms with van der Waals surface area (Å²) in [5.41, 5.74) is 7.11. The van der Waals surface area contributed by atoms with E-state index in [4.69, 9.17) is 9.98 Å². The van der Waals surface area contributed by atoms with Gasteiger partial charge in [-0.3, -0.25) is 9.98 Å². The second-order valence-corrected chi connectivity index (χ2v) is 21.1. The number of hydrogen-bond donors (Lipinski definition) is 0. The maximum atomic E-state index is 5.45. The quantitative estimate of drug-likeness (QED) is 0.0273. The van der Waals surface area contributed by atoms with Gasteiger partial charge in [-0.15, -0.1) is 23.7 Å². The molecule has 0 aliphatic heterocycles. The van der Waals surface area contributed by atoms with Crippen LogP contribution < -0.4 is 0 Å². The molecular weight excluding hydrogens is 903 g/mol. The summed E-state index contributed by atoms with van der Waals surface area (Å²) in [6.07, 6.45) is 60.2. The average Bonchev–Trinajstić information content (AvgIpc) is 3.38. The van der Waals surface area contributed by atoms with E-state index in [-0.39, 0.29) is 16.5 Å². The molecule has 2 rings (SSSR count). The van der Waals surface area contributed by atoms with Crippen LogP contribution in [0.5, 0.6) is 0 Å². The van der Waals surface area contributed by atoms with Gasteiger partial charge in [0.25, 0.3) is 0 Å². The summed E-state index contributed by atoms with van der Waals surface area (Å²) >= 11 is 0. The summed E-state index contributed by atoms with van der Waals surface area (Å²) in [6.45, 7) is 9.18. The van der Waals surface area contributed by atoms with Gasteiger partial charge >= 0.3 is 0 Å². The van der Waals surface area contributed by atoms with Crippen LogP contribution in [0.25, 0.3) is 0 Å². The molecule has 0 heterocycles. The van der Waals surface area contributed by atoms with E-state index in [9.17, 15) is 0 Å². The number of para-hydroxylation sites is 2. The molecule has 0 bridgehead atoms. The topological polar surface area (TPSA) is 24.7 Å². The van der Waals surface area contributed by atoms with Crippen molar-refractivity contribution in [3.05, 3.63) is 59.7 Å². The number of aryl methyl sites for hydroxylation is 2. The molecule has 2 aromatic carbocycles. The molecule has 3 heteroatoms. The standard InChI is InChI=1S/C68H112N2.Ni/c1-5-9-13-15-17-19-21-23-25-27-29-31-33-35-37-39-41-43-45-47-49-55-63-57-51-53-61-65(63)69-67(59-11-7-3)68(60-12-8-4)70-66-62-54-52-58-64(66)56-50-48-46-44-42-40-38-36-34-32-30-28-26-24-22-20-18-16-14-10-6-2;/h51-54,57-58,61-62H,5-44,49-50,55-56,59-60H2,1-4H3;. The summed E-state index contributed by atoms with van der Waals surface area (Å²) in [7, 11) is 0. The Balaban J connectivity index is 0.0000252. The van der Waals surface area contributed by atoms with Gasteiger partial charge in [-0.1, -0.05) is 282 Å². The van der Waals surface area contributed by atoms with Crippen LogP contribution in [-0.2, 0) is 29.3 Å². The molecule has 2 aromatic rings. The number of unbranched alkanes of at least 4 members (excludes halogenated alkanes) is 36. The third kappa shape index (κ3) is 39.5. The first-order chi connectivity index (χ1) is 34.7. The molecule has 71 heavy (non-hydrogen) atoms. The molecule has 0 saturated carbocycles. The first-order valence-corrected chi connectivity index (χ1v) is 31.0. The number of rotatable bonds is 47. The minimum Gasteiger partial charge on any atom is -0.251 e. The number of benzene rings is 2. The van der Waals surface area contributed by atoms with Crippen molar-refractivity contribution in [3.63, 3.8) is 0 Å². The largest absolute Gasteiger partial charge is 0.251 e. The van der Waals surface area contributed by atoms with Crippen molar-refractivity contribution < 1.29 is 16.5 Å². The zero-order valence-electron chi connectivity index (χ0n) is 47.4. The van der Waals surface area contributed by atoms with Gasteiger partial charge < -0.3 is 0 Å². The predicted molar refractivity (Wildman–Crippen MR) is 316 cm³/mol. The van der Waals surface area contributed by atoms with E-state index in [1.165, 1.54) is 229 Å². The number of aliphatic imine (C=N–C) groups is 2. The molecule has 2 nitrogen and oxygen atoms in total. The Morgan fingerprint density at radius 3 is 0.817 bits per heavy atom. The van der Waals surface area contributed by atoms with Gasteiger partial charge in [-0.2, -0.15) is 0 Å². The molecule has 0 unspecified atom stereocenters. The van der Waals surface area contributed by atoms with Crippen LogP contribution in [0.3, 0.4) is 0 Å².